The molecular weight excluding hydrogens is 332 g/mol. The van der Waals surface area contributed by atoms with Crippen molar-refractivity contribution in [3.8, 4) is 0 Å². The second-order valence-electron chi connectivity index (χ2n) is 6.87. The maximum absolute atomic E-state index is 12.4. The quantitative estimate of drug-likeness (QED) is 0.762. The van der Waals surface area contributed by atoms with E-state index in [4.69, 9.17) is 4.74 Å². The Bertz CT molecular complexity index is 602. The van der Waals surface area contributed by atoms with E-state index in [9.17, 15) is 9.59 Å². The standard InChI is InChI=1S/C19H28N4O3/c1-15-18(20-7-12-26-15)19(25)21-13-17(24)23-10-8-22(9-11-23)14-16-5-3-2-4-6-16/h2-6,15,18,20H,7-14H2,1H3,(H,21,25)/t15-,18+/m1/s1. The molecule has 0 saturated carbocycles. The van der Waals surface area contributed by atoms with Crippen LogP contribution in [0.15, 0.2) is 30.3 Å². The third-order valence-corrected chi connectivity index (χ3v) is 4.99. The lowest BCUT2D eigenvalue weighted by Gasteiger charge is -2.35. The first-order valence-electron chi connectivity index (χ1n) is 9.30. The highest BCUT2D eigenvalue weighted by Crippen LogP contribution is 2.09. The zero-order valence-corrected chi connectivity index (χ0v) is 15.3. The van der Waals surface area contributed by atoms with E-state index in [2.05, 4.69) is 27.7 Å². The van der Waals surface area contributed by atoms with Crippen molar-refractivity contribution in [2.24, 2.45) is 0 Å². The van der Waals surface area contributed by atoms with Crippen molar-refractivity contribution in [3.05, 3.63) is 35.9 Å². The maximum atomic E-state index is 12.4. The largest absolute Gasteiger partial charge is 0.375 e. The first-order chi connectivity index (χ1) is 12.6. The average molecular weight is 360 g/mol. The molecule has 2 atom stereocenters. The van der Waals surface area contributed by atoms with Crippen LogP contribution in [0.4, 0.5) is 0 Å². The number of piperazine rings is 1. The molecule has 0 unspecified atom stereocenters. The van der Waals surface area contributed by atoms with Crippen molar-refractivity contribution < 1.29 is 14.3 Å². The molecule has 3 rings (SSSR count). The number of benzene rings is 1. The van der Waals surface area contributed by atoms with Gasteiger partial charge in [-0.05, 0) is 12.5 Å². The third kappa shape index (κ3) is 5.03. The first kappa shape index (κ1) is 18.8. The van der Waals surface area contributed by atoms with Crippen molar-refractivity contribution in [1.29, 1.82) is 0 Å². The number of rotatable bonds is 5. The molecule has 0 bridgehead atoms. The number of morpholine rings is 1. The average Bonchev–Trinajstić information content (AvgIpc) is 2.67. The van der Waals surface area contributed by atoms with Crippen LogP contribution in [0.25, 0.3) is 0 Å². The fourth-order valence-electron chi connectivity index (χ4n) is 3.41. The molecule has 7 heteroatoms. The Morgan fingerprint density at radius 2 is 1.92 bits per heavy atom. The van der Waals surface area contributed by atoms with Crippen molar-refractivity contribution in [2.75, 3.05) is 45.9 Å². The van der Waals surface area contributed by atoms with E-state index in [1.165, 1.54) is 5.56 Å². The van der Waals surface area contributed by atoms with Gasteiger partial charge in [0.05, 0.1) is 19.3 Å². The zero-order chi connectivity index (χ0) is 18.4. The summed E-state index contributed by atoms with van der Waals surface area (Å²) in [5, 5.41) is 5.88. The minimum absolute atomic E-state index is 0.0258. The van der Waals surface area contributed by atoms with Crippen molar-refractivity contribution in [3.63, 3.8) is 0 Å². The Labute approximate surface area is 154 Å². The molecule has 2 aliphatic heterocycles. The van der Waals surface area contributed by atoms with E-state index in [1.54, 1.807) is 0 Å². The van der Waals surface area contributed by atoms with E-state index in [-0.39, 0.29) is 30.5 Å². The number of carbonyl (C=O) groups is 2. The van der Waals surface area contributed by atoms with Gasteiger partial charge in [0.2, 0.25) is 11.8 Å². The van der Waals surface area contributed by atoms with Gasteiger partial charge in [-0.15, -0.1) is 0 Å². The van der Waals surface area contributed by atoms with Crippen LogP contribution in [0.2, 0.25) is 0 Å². The molecule has 2 aliphatic rings. The molecule has 2 saturated heterocycles. The number of carbonyl (C=O) groups excluding carboxylic acids is 2. The second kappa shape index (κ2) is 9.12. The van der Waals surface area contributed by atoms with Gasteiger partial charge >= 0.3 is 0 Å². The van der Waals surface area contributed by atoms with Crippen LogP contribution >= 0.6 is 0 Å². The van der Waals surface area contributed by atoms with Gasteiger partial charge in [-0.3, -0.25) is 14.5 Å². The molecule has 26 heavy (non-hydrogen) atoms. The Balaban J connectivity index is 1.39. The number of hydrogen-bond acceptors (Lipinski definition) is 5. The van der Waals surface area contributed by atoms with Crippen molar-refractivity contribution in [1.82, 2.24) is 20.4 Å². The van der Waals surface area contributed by atoms with E-state index in [1.807, 2.05) is 30.0 Å². The highest BCUT2D eigenvalue weighted by atomic mass is 16.5. The fourth-order valence-corrected chi connectivity index (χ4v) is 3.41. The molecule has 0 spiro atoms. The second-order valence-corrected chi connectivity index (χ2v) is 6.87. The molecule has 0 aromatic heterocycles. The van der Waals surface area contributed by atoms with Crippen LogP contribution < -0.4 is 10.6 Å². The van der Waals surface area contributed by atoms with E-state index in [0.29, 0.717) is 26.2 Å². The van der Waals surface area contributed by atoms with Gasteiger partial charge in [-0.2, -0.15) is 0 Å². The molecule has 0 aliphatic carbocycles. The third-order valence-electron chi connectivity index (χ3n) is 4.99. The SMILES string of the molecule is C[C@H]1OCCN[C@@H]1C(=O)NCC(=O)N1CCN(Cc2ccccc2)CC1. The van der Waals surface area contributed by atoms with Crippen LogP contribution in [0.5, 0.6) is 0 Å². The molecule has 2 N–H and O–H groups in total. The Morgan fingerprint density at radius 1 is 1.19 bits per heavy atom. The van der Waals surface area contributed by atoms with Gasteiger partial charge < -0.3 is 20.3 Å². The molecule has 0 radical (unpaired) electrons. The summed E-state index contributed by atoms with van der Waals surface area (Å²) in [7, 11) is 0. The molecule has 1 aromatic carbocycles. The van der Waals surface area contributed by atoms with Crippen molar-refractivity contribution in [2.45, 2.75) is 25.6 Å². The summed E-state index contributed by atoms with van der Waals surface area (Å²) in [6.45, 7) is 7.17. The van der Waals surface area contributed by atoms with Gasteiger partial charge in [0.25, 0.3) is 0 Å². The number of nitrogens with zero attached hydrogens (tertiary/aromatic N) is 2. The smallest absolute Gasteiger partial charge is 0.242 e. The van der Waals surface area contributed by atoms with E-state index >= 15 is 0 Å². The maximum Gasteiger partial charge on any atom is 0.242 e. The first-order valence-corrected chi connectivity index (χ1v) is 9.30. The molecular formula is C19H28N4O3. The predicted molar refractivity (Wildman–Crippen MR) is 98.5 cm³/mol. The van der Waals surface area contributed by atoms with Gasteiger partial charge in [-0.25, -0.2) is 0 Å². The van der Waals surface area contributed by atoms with Gasteiger partial charge in [0.1, 0.15) is 6.04 Å². The highest BCUT2D eigenvalue weighted by molar-refractivity contribution is 5.87. The van der Waals surface area contributed by atoms with Crippen LogP contribution in [-0.2, 0) is 20.9 Å². The summed E-state index contributed by atoms with van der Waals surface area (Å²) >= 11 is 0. The monoisotopic (exact) mass is 360 g/mol. The molecule has 7 nitrogen and oxygen atoms in total. The molecule has 142 valence electrons. The van der Waals surface area contributed by atoms with Gasteiger partial charge in [0.15, 0.2) is 0 Å². The summed E-state index contributed by atoms with van der Waals surface area (Å²) in [4.78, 5) is 28.8. The highest BCUT2D eigenvalue weighted by Gasteiger charge is 2.29. The summed E-state index contributed by atoms with van der Waals surface area (Å²) in [6.07, 6.45) is -0.180. The Kier molecular flexibility index (Phi) is 6.60. The lowest BCUT2D eigenvalue weighted by atomic mass is 10.1. The van der Waals surface area contributed by atoms with E-state index < -0.39 is 0 Å². The van der Waals surface area contributed by atoms with E-state index in [0.717, 1.165) is 19.6 Å². The summed E-state index contributed by atoms with van der Waals surface area (Å²) in [6, 6.07) is 9.97. The van der Waals surface area contributed by atoms with Crippen molar-refractivity contribution >= 4 is 11.8 Å². The molecule has 1 aromatic rings. The number of nitrogens with one attached hydrogen (secondary N) is 2. The normalized spacial score (nSPS) is 24.3. The molecule has 2 heterocycles. The predicted octanol–water partition coefficient (Wildman–Crippen LogP) is -0.176. The minimum atomic E-state index is -0.390. The minimum Gasteiger partial charge on any atom is -0.375 e. The van der Waals surface area contributed by atoms with Gasteiger partial charge in [0, 0.05) is 39.3 Å². The lowest BCUT2D eigenvalue weighted by molar-refractivity contribution is -0.136. The lowest BCUT2D eigenvalue weighted by Crippen LogP contribution is -2.57. The van der Waals surface area contributed by atoms with Gasteiger partial charge in [-0.1, -0.05) is 30.3 Å². The summed E-state index contributed by atoms with van der Waals surface area (Å²) < 4.78 is 5.47. The molecule has 2 fully saturated rings. The Morgan fingerprint density at radius 3 is 2.62 bits per heavy atom. The van der Waals surface area contributed by atoms with Crippen LogP contribution in [0, 0.1) is 0 Å². The fraction of sp³-hybridized carbons (Fsp3) is 0.579. The molecule has 2 amide bonds. The number of hydrogen-bond donors (Lipinski definition) is 2. The zero-order valence-electron chi connectivity index (χ0n) is 15.3. The summed E-state index contributed by atoms with van der Waals surface area (Å²) in [5.41, 5.74) is 1.29. The Hall–Kier alpha value is -1.96. The van der Waals surface area contributed by atoms with Crippen LogP contribution in [0.3, 0.4) is 0 Å². The number of amides is 2. The summed E-state index contributed by atoms with van der Waals surface area (Å²) in [5.74, 6) is -0.199. The topological polar surface area (TPSA) is 73.9 Å². The van der Waals surface area contributed by atoms with Crippen LogP contribution in [0.1, 0.15) is 12.5 Å². The van der Waals surface area contributed by atoms with Crippen LogP contribution in [-0.4, -0.2) is 79.6 Å². The number of ether oxygens (including phenoxy) is 1.